The van der Waals surface area contributed by atoms with Crippen LogP contribution >= 0.6 is 11.6 Å². The van der Waals surface area contributed by atoms with Gasteiger partial charge in [-0.3, -0.25) is 14.3 Å². The second-order valence-electron chi connectivity index (χ2n) is 9.09. The maximum atomic E-state index is 13.0. The van der Waals surface area contributed by atoms with Gasteiger partial charge in [0.05, 0.1) is 29.2 Å². The molecule has 2 aliphatic rings. The van der Waals surface area contributed by atoms with Gasteiger partial charge in [-0.25, -0.2) is 4.68 Å². The fraction of sp³-hybridized carbons (Fsp3) is 0.440. The maximum Gasteiger partial charge on any atom is 0.255 e. The average molecular weight is 499 g/mol. The van der Waals surface area contributed by atoms with E-state index < -0.39 is 5.91 Å². The van der Waals surface area contributed by atoms with Crippen LogP contribution < -0.4 is 15.8 Å². The van der Waals surface area contributed by atoms with Gasteiger partial charge in [-0.15, -0.1) is 5.10 Å². The second kappa shape index (κ2) is 10.5. The molecule has 9 nitrogen and oxygen atoms in total. The number of ether oxygens (including phenoxy) is 1. The molecule has 35 heavy (non-hydrogen) atoms. The molecule has 2 heterocycles. The van der Waals surface area contributed by atoms with Crippen LogP contribution in [-0.4, -0.2) is 43.5 Å². The normalized spacial score (nSPS) is 21.0. The molecule has 4 rings (SSSR count). The molecule has 0 atom stereocenters. The van der Waals surface area contributed by atoms with Crippen LogP contribution in [0, 0.1) is 6.92 Å². The largest absolute Gasteiger partial charge is 0.473 e. The first kappa shape index (κ1) is 24.8. The molecule has 0 spiro atoms. The number of nitrogens with zero attached hydrogens (tertiary/aromatic N) is 4. The fourth-order valence-electron chi connectivity index (χ4n) is 4.22. The molecule has 0 saturated heterocycles. The molecule has 2 saturated carbocycles. The Morgan fingerprint density at radius 1 is 1.20 bits per heavy atom. The van der Waals surface area contributed by atoms with E-state index in [1.54, 1.807) is 46.9 Å². The lowest BCUT2D eigenvalue weighted by atomic mass is 9.92. The number of carbonyl (C=O) groups is 2. The zero-order valence-electron chi connectivity index (χ0n) is 20.0. The Bertz CT molecular complexity index is 1180. The number of aromatic nitrogens is 4. The van der Waals surface area contributed by atoms with Crippen molar-refractivity contribution in [3.05, 3.63) is 59.1 Å². The number of hydrogen-bond donors (Lipinski definition) is 2. The quantitative estimate of drug-likeness (QED) is 0.504. The Labute approximate surface area is 209 Å². The third kappa shape index (κ3) is 5.85. The summed E-state index contributed by atoms with van der Waals surface area (Å²) in [6, 6.07) is 0.365. The average Bonchev–Trinajstić information content (AvgIpc) is 3.48. The number of amides is 2. The molecule has 2 aliphatic carbocycles. The summed E-state index contributed by atoms with van der Waals surface area (Å²) in [5.74, 6) is -0.387. The van der Waals surface area contributed by atoms with Gasteiger partial charge in [0.2, 0.25) is 5.88 Å². The minimum absolute atomic E-state index is 0.0287. The minimum Gasteiger partial charge on any atom is -0.473 e. The van der Waals surface area contributed by atoms with Crippen molar-refractivity contribution < 1.29 is 14.3 Å². The van der Waals surface area contributed by atoms with Gasteiger partial charge < -0.3 is 15.8 Å². The predicted octanol–water partition coefficient (Wildman–Crippen LogP) is 4.11. The zero-order valence-corrected chi connectivity index (χ0v) is 20.8. The number of carbonyl (C=O) groups excluding carboxylic acids is 2. The Morgan fingerprint density at radius 3 is 2.51 bits per heavy atom. The van der Waals surface area contributed by atoms with Crippen molar-refractivity contribution >= 4 is 29.1 Å². The van der Waals surface area contributed by atoms with E-state index in [1.165, 1.54) is 0 Å². The molecule has 2 aromatic rings. The van der Waals surface area contributed by atoms with Gasteiger partial charge in [-0.05, 0) is 70.6 Å². The van der Waals surface area contributed by atoms with E-state index in [-0.39, 0.29) is 18.1 Å². The predicted molar refractivity (Wildman–Crippen MR) is 134 cm³/mol. The Hall–Kier alpha value is -3.33. The lowest BCUT2D eigenvalue weighted by molar-refractivity contribution is 0.0880. The summed E-state index contributed by atoms with van der Waals surface area (Å²) in [5.41, 5.74) is 7.79. The molecular formula is C25H31ClN6O3. The minimum atomic E-state index is -0.535. The standard InChI is InChI=1S/C25H31ClN6O3/c1-4-18(8-5-15(2)26)32-16(3)21(13-28-32)24(34)29-17-6-11-20(12-7-17)35-25-22(23(27)33)14-31(30-25)19-9-10-19/h4-5,8,13-14,17,19-20H,1,6-7,9-12H2,2-3H3,(H2,27,33)(H,29,34)/b15-5+,18-8+. The molecule has 2 amide bonds. The first-order chi connectivity index (χ1) is 16.8. The van der Waals surface area contributed by atoms with Crippen LogP contribution in [0.15, 0.2) is 42.2 Å². The van der Waals surface area contributed by atoms with Crippen molar-refractivity contribution in [3.8, 4) is 5.88 Å². The van der Waals surface area contributed by atoms with Crippen molar-refractivity contribution in [2.45, 2.75) is 70.6 Å². The van der Waals surface area contributed by atoms with E-state index in [1.807, 2.05) is 6.92 Å². The van der Waals surface area contributed by atoms with Gasteiger partial charge in [-0.2, -0.15) is 5.10 Å². The molecule has 3 N–H and O–H groups in total. The molecule has 0 unspecified atom stereocenters. The molecule has 10 heteroatoms. The highest BCUT2D eigenvalue weighted by Crippen LogP contribution is 2.36. The Balaban J connectivity index is 1.34. The monoisotopic (exact) mass is 498 g/mol. The van der Waals surface area contributed by atoms with Crippen LogP contribution in [0.5, 0.6) is 5.88 Å². The SMILES string of the molecule is C=C/C(=C\C=C(/C)Cl)n1ncc(C(=O)NC2CCC(Oc3nn(C4CC4)cc3C(N)=O)CC2)c1C. The fourth-order valence-corrected chi connectivity index (χ4v) is 4.28. The number of primary amides is 1. The van der Waals surface area contributed by atoms with Gasteiger partial charge >= 0.3 is 0 Å². The summed E-state index contributed by atoms with van der Waals surface area (Å²) in [7, 11) is 0. The summed E-state index contributed by atoms with van der Waals surface area (Å²) in [5, 5.41) is 12.6. The third-order valence-electron chi connectivity index (χ3n) is 6.36. The van der Waals surface area contributed by atoms with E-state index in [2.05, 4.69) is 22.1 Å². The molecular weight excluding hydrogens is 468 g/mol. The number of nitrogens with two attached hydrogens (primary N) is 1. The summed E-state index contributed by atoms with van der Waals surface area (Å²) >= 11 is 5.92. The summed E-state index contributed by atoms with van der Waals surface area (Å²) in [4.78, 5) is 24.8. The van der Waals surface area contributed by atoms with Crippen LogP contribution in [0.1, 0.15) is 77.9 Å². The maximum absolute atomic E-state index is 13.0. The summed E-state index contributed by atoms with van der Waals surface area (Å²) in [6.45, 7) is 7.45. The van der Waals surface area contributed by atoms with E-state index in [9.17, 15) is 9.59 Å². The number of hydrogen-bond acceptors (Lipinski definition) is 5. The zero-order chi connectivity index (χ0) is 25.1. The highest BCUT2D eigenvalue weighted by Gasteiger charge is 2.30. The smallest absolute Gasteiger partial charge is 0.255 e. The van der Waals surface area contributed by atoms with Crippen LogP contribution in [-0.2, 0) is 0 Å². The number of rotatable bonds is 9. The molecule has 0 aromatic carbocycles. The van der Waals surface area contributed by atoms with Gasteiger partial charge in [0.25, 0.3) is 11.8 Å². The highest BCUT2D eigenvalue weighted by molar-refractivity contribution is 6.29. The van der Waals surface area contributed by atoms with Crippen LogP contribution in [0.4, 0.5) is 0 Å². The van der Waals surface area contributed by atoms with E-state index in [4.69, 9.17) is 22.1 Å². The molecule has 186 valence electrons. The first-order valence-corrected chi connectivity index (χ1v) is 12.2. The van der Waals surface area contributed by atoms with E-state index in [0.29, 0.717) is 28.1 Å². The molecule has 0 aliphatic heterocycles. The van der Waals surface area contributed by atoms with Gasteiger partial charge in [0, 0.05) is 17.3 Å². The van der Waals surface area contributed by atoms with E-state index in [0.717, 1.165) is 49.9 Å². The molecule has 2 aromatic heterocycles. The lowest BCUT2D eigenvalue weighted by Crippen LogP contribution is -2.40. The number of allylic oxidation sites excluding steroid dienone is 5. The first-order valence-electron chi connectivity index (χ1n) is 11.8. The van der Waals surface area contributed by atoms with Gasteiger partial charge in [0.15, 0.2) is 0 Å². The number of halogens is 1. The van der Waals surface area contributed by atoms with Crippen molar-refractivity contribution in [2.24, 2.45) is 5.73 Å². The molecule has 2 fully saturated rings. The lowest BCUT2D eigenvalue weighted by Gasteiger charge is -2.29. The van der Waals surface area contributed by atoms with E-state index >= 15 is 0 Å². The van der Waals surface area contributed by atoms with Crippen molar-refractivity contribution in [1.82, 2.24) is 24.9 Å². The molecule has 0 bridgehead atoms. The van der Waals surface area contributed by atoms with Crippen molar-refractivity contribution in [1.29, 1.82) is 0 Å². The van der Waals surface area contributed by atoms with Crippen LogP contribution in [0.3, 0.4) is 0 Å². The van der Waals surface area contributed by atoms with Crippen LogP contribution in [0.2, 0.25) is 0 Å². The number of nitrogens with one attached hydrogen (secondary N) is 1. The van der Waals surface area contributed by atoms with Crippen LogP contribution in [0.25, 0.3) is 5.70 Å². The molecule has 0 radical (unpaired) electrons. The Morgan fingerprint density at radius 2 is 1.91 bits per heavy atom. The topological polar surface area (TPSA) is 117 Å². The van der Waals surface area contributed by atoms with Gasteiger partial charge in [-0.1, -0.05) is 18.2 Å². The van der Waals surface area contributed by atoms with Crippen molar-refractivity contribution in [2.75, 3.05) is 0 Å². The second-order valence-corrected chi connectivity index (χ2v) is 9.69. The van der Waals surface area contributed by atoms with Gasteiger partial charge in [0.1, 0.15) is 11.7 Å². The Kier molecular flexibility index (Phi) is 7.45. The third-order valence-corrected chi connectivity index (χ3v) is 6.49. The van der Waals surface area contributed by atoms with Crippen molar-refractivity contribution in [3.63, 3.8) is 0 Å². The summed E-state index contributed by atoms with van der Waals surface area (Å²) in [6.07, 6.45) is 13.5. The summed E-state index contributed by atoms with van der Waals surface area (Å²) < 4.78 is 9.51. The highest BCUT2D eigenvalue weighted by atomic mass is 35.5.